The summed E-state index contributed by atoms with van der Waals surface area (Å²) in [5.74, 6) is 0.0633. The molecule has 0 unspecified atom stereocenters. The van der Waals surface area contributed by atoms with Crippen LogP contribution in [0.4, 0.5) is 0 Å². The van der Waals surface area contributed by atoms with Crippen molar-refractivity contribution in [1.29, 1.82) is 0 Å². The van der Waals surface area contributed by atoms with Gasteiger partial charge in [-0.15, -0.1) is 5.10 Å². The number of amides is 1. The first-order valence-electron chi connectivity index (χ1n) is 10.2. The largest absolute Gasteiger partial charge is 0.465 e. The van der Waals surface area contributed by atoms with Crippen LogP contribution in [0, 0.1) is 6.92 Å². The molecule has 32 heavy (non-hydrogen) atoms. The molecule has 0 fully saturated rings. The quantitative estimate of drug-likeness (QED) is 0.481. The highest BCUT2D eigenvalue weighted by atomic mass is 35.5. The molecule has 162 valence electrons. The molecule has 1 aliphatic heterocycles. The number of hydrogen-bond donors (Lipinski definition) is 1. The third kappa shape index (κ3) is 3.33. The summed E-state index contributed by atoms with van der Waals surface area (Å²) in [5.41, 5.74) is 4.13. The molecule has 0 saturated carbocycles. The minimum atomic E-state index is -0.393. The summed E-state index contributed by atoms with van der Waals surface area (Å²) in [6.07, 6.45) is 0.674. The van der Waals surface area contributed by atoms with Crippen LogP contribution < -0.4 is 0 Å². The number of nitrogens with one attached hydrogen (secondary N) is 1. The lowest BCUT2D eigenvalue weighted by Crippen LogP contribution is -2.36. The van der Waals surface area contributed by atoms with E-state index in [1.807, 2.05) is 24.3 Å². The fraction of sp³-hybridized carbons (Fsp3) is 0.217. The van der Waals surface area contributed by atoms with Crippen LogP contribution in [0.3, 0.4) is 0 Å². The Kier molecular flexibility index (Phi) is 4.94. The van der Waals surface area contributed by atoms with Gasteiger partial charge in [0.2, 0.25) is 5.82 Å². The Morgan fingerprint density at radius 3 is 2.78 bits per heavy atom. The van der Waals surface area contributed by atoms with E-state index in [4.69, 9.17) is 16.3 Å². The van der Waals surface area contributed by atoms with Crippen molar-refractivity contribution >= 4 is 34.4 Å². The first-order valence-corrected chi connectivity index (χ1v) is 10.5. The Bertz CT molecular complexity index is 1370. The number of fused-ring (bicyclic) bond motifs is 3. The van der Waals surface area contributed by atoms with E-state index in [9.17, 15) is 9.59 Å². The van der Waals surface area contributed by atoms with E-state index in [2.05, 4.69) is 15.1 Å². The zero-order valence-corrected chi connectivity index (χ0v) is 18.3. The number of para-hydroxylation sites is 1. The lowest BCUT2D eigenvalue weighted by atomic mass is 10.0. The van der Waals surface area contributed by atoms with Crippen molar-refractivity contribution in [2.24, 2.45) is 0 Å². The molecule has 0 aliphatic carbocycles. The molecule has 5 rings (SSSR count). The van der Waals surface area contributed by atoms with Crippen molar-refractivity contribution < 1.29 is 14.3 Å². The van der Waals surface area contributed by atoms with E-state index in [0.717, 1.165) is 22.2 Å². The predicted octanol–water partition coefficient (Wildman–Crippen LogP) is 3.70. The van der Waals surface area contributed by atoms with Gasteiger partial charge in [-0.25, -0.2) is 14.5 Å². The summed E-state index contributed by atoms with van der Waals surface area (Å²) in [6, 6.07) is 12.7. The lowest BCUT2D eigenvalue weighted by Gasteiger charge is -2.26. The number of rotatable bonds is 3. The second-order valence-electron chi connectivity index (χ2n) is 7.66. The SMILES string of the molecule is COC(=O)c1ccc2[nH]c3c(c2c1)CN(C(=O)c1nc(C)n(-c2ccccc2Cl)n1)CC3. The zero-order chi connectivity index (χ0) is 22.4. The summed E-state index contributed by atoms with van der Waals surface area (Å²) < 4.78 is 6.42. The van der Waals surface area contributed by atoms with Gasteiger partial charge in [-0.1, -0.05) is 23.7 Å². The number of nitrogens with zero attached hydrogens (tertiary/aromatic N) is 4. The average Bonchev–Trinajstić information content (AvgIpc) is 3.37. The molecule has 0 bridgehead atoms. The fourth-order valence-corrected chi connectivity index (χ4v) is 4.32. The van der Waals surface area contributed by atoms with Gasteiger partial charge in [0.1, 0.15) is 5.82 Å². The van der Waals surface area contributed by atoms with Crippen molar-refractivity contribution in [2.75, 3.05) is 13.7 Å². The summed E-state index contributed by atoms with van der Waals surface area (Å²) in [4.78, 5) is 34.7. The number of esters is 1. The van der Waals surface area contributed by atoms with Gasteiger partial charge in [0.15, 0.2) is 0 Å². The van der Waals surface area contributed by atoms with Gasteiger partial charge in [0, 0.05) is 41.7 Å². The Labute approximate surface area is 188 Å². The first kappa shape index (κ1) is 20.3. The molecule has 2 aromatic heterocycles. The fourth-order valence-electron chi connectivity index (χ4n) is 4.11. The second-order valence-corrected chi connectivity index (χ2v) is 8.06. The van der Waals surface area contributed by atoms with Crippen molar-refractivity contribution in [3.63, 3.8) is 0 Å². The summed E-state index contributed by atoms with van der Waals surface area (Å²) in [5, 5.41) is 5.87. The Balaban J connectivity index is 1.46. The normalized spacial score (nSPS) is 13.3. The number of H-pyrrole nitrogens is 1. The van der Waals surface area contributed by atoms with Gasteiger partial charge in [0.25, 0.3) is 5.91 Å². The first-order chi connectivity index (χ1) is 15.5. The number of carbonyl (C=O) groups excluding carboxylic acids is 2. The maximum Gasteiger partial charge on any atom is 0.337 e. The van der Waals surface area contributed by atoms with Crippen molar-refractivity contribution in [3.05, 3.63) is 76.0 Å². The molecule has 0 atom stereocenters. The number of ether oxygens (including phenoxy) is 1. The number of benzene rings is 2. The molecule has 4 aromatic rings. The minimum Gasteiger partial charge on any atom is -0.465 e. The van der Waals surface area contributed by atoms with Crippen LogP contribution in [0.25, 0.3) is 16.6 Å². The van der Waals surface area contributed by atoms with E-state index >= 15 is 0 Å². The number of halogens is 1. The monoisotopic (exact) mass is 449 g/mol. The maximum atomic E-state index is 13.2. The highest BCUT2D eigenvalue weighted by molar-refractivity contribution is 6.32. The van der Waals surface area contributed by atoms with Crippen molar-refractivity contribution in [1.82, 2.24) is 24.6 Å². The number of aromatic amines is 1. The molecule has 1 N–H and O–H groups in total. The number of hydrogen-bond acceptors (Lipinski definition) is 5. The van der Waals surface area contributed by atoms with Gasteiger partial charge >= 0.3 is 5.97 Å². The van der Waals surface area contributed by atoms with E-state index in [1.54, 1.807) is 34.7 Å². The summed E-state index contributed by atoms with van der Waals surface area (Å²) in [6.45, 7) is 2.73. The Hall–Kier alpha value is -3.65. The molecular weight excluding hydrogens is 430 g/mol. The number of aromatic nitrogens is 4. The number of methoxy groups -OCH3 is 1. The molecule has 0 saturated heterocycles. The van der Waals surface area contributed by atoms with E-state index in [1.165, 1.54) is 7.11 Å². The Morgan fingerprint density at radius 2 is 2.00 bits per heavy atom. The van der Waals surface area contributed by atoms with Crippen LogP contribution in [0.15, 0.2) is 42.5 Å². The van der Waals surface area contributed by atoms with Gasteiger partial charge in [0.05, 0.1) is 23.4 Å². The smallest absolute Gasteiger partial charge is 0.337 e. The van der Waals surface area contributed by atoms with Crippen LogP contribution in [0.5, 0.6) is 0 Å². The third-order valence-electron chi connectivity index (χ3n) is 5.72. The lowest BCUT2D eigenvalue weighted by molar-refractivity contribution is 0.0600. The highest BCUT2D eigenvalue weighted by Gasteiger charge is 2.28. The minimum absolute atomic E-state index is 0.126. The molecule has 3 heterocycles. The van der Waals surface area contributed by atoms with Crippen LogP contribution in [-0.2, 0) is 17.7 Å². The number of aryl methyl sites for hydroxylation is 1. The van der Waals surface area contributed by atoms with E-state index < -0.39 is 5.97 Å². The van der Waals surface area contributed by atoms with Crippen molar-refractivity contribution in [2.45, 2.75) is 19.9 Å². The zero-order valence-electron chi connectivity index (χ0n) is 17.6. The third-order valence-corrected chi connectivity index (χ3v) is 6.04. The topological polar surface area (TPSA) is 93.1 Å². The van der Waals surface area contributed by atoms with Gasteiger partial charge in [-0.2, -0.15) is 0 Å². The van der Waals surface area contributed by atoms with Crippen molar-refractivity contribution in [3.8, 4) is 5.69 Å². The van der Waals surface area contributed by atoms with Gasteiger partial charge in [-0.3, -0.25) is 4.79 Å². The molecule has 1 amide bonds. The van der Waals surface area contributed by atoms with E-state index in [-0.39, 0.29) is 11.7 Å². The molecule has 2 aromatic carbocycles. The summed E-state index contributed by atoms with van der Waals surface area (Å²) in [7, 11) is 1.36. The maximum absolute atomic E-state index is 13.2. The van der Waals surface area contributed by atoms with Gasteiger partial charge < -0.3 is 14.6 Å². The van der Waals surface area contributed by atoms with Crippen LogP contribution in [0.1, 0.15) is 38.1 Å². The molecule has 8 nitrogen and oxygen atoms in total. The molecule has 0 spiro atoms. The number of carbonyl (C=O) groups is 2. The molecule has 1 aliphatic rings. The molecular formula is C23H20ClN5O3. The predicted molar refractivity (Wildman–Crippen MR) is 119 cm³/mol. The average molecular weight is 450 g/mol. The van der Waals surface area contributed by atoms with Crippen LogP contribution in [0.2, 0.25) is 5.02 Å². The second kappa shape index (κ2) is 7.80. The van der Waals surface area contributed by atoms with Crippen LogP contribution in [-0.4, -0.2) is 50.2 Å². The highest BCUT2D eigenvalue weighted by Crippen LogP contribution is 2.29. The van der Waals surface area contributed by atoms with Crippen LogP contribution >= 0.6 is 11.6 Å². The summed E-state index contributed by atoms with van der Waals surface area (Å²) >= 11 is 6.29. The standard InChI is InChI=1S/C23H20ClN5O3/c1-13-25-21(27-29(13)20-6-4-3-5-17(20)24)22(30)28-10-9-19-16(12-28)15-11-14(23(31)32-2)7-8-18(15)26-19/h3-8,11,26H,9-10,12H2,1-2H3. The van der Waals surface area contributed by atoms with Gasteiger partial charge in [-0.05, 0) is 37.3 Å². The molecule has 0 radical (unpaired) electrons. The molecule has 9 heteroatoms. The Morgan fingerprint density at radius 1 is 1.19 bits per heavy atom. The van der Waals surface area contributed by atoms with E-state index in [0.29, 0.717) is 41.6 Å².